The molecule has 3 rings (SSSR count). The summed E-state index contributed by atoms with van der Waals surface area (Å²) >= 11 is 1.35. The van der Waals surface area contributed by atoms with Gasteiger partial charge in [0.05, 0.1) is 16.9 Å². The molecule has 32 heavy (non-hydrogen) atoms. The van der Waals surface area contributed by atoms with Crippen LogP contribution in [-0.2, 0) is 16.1 Å². The Bertz CT molecular complexity index is 1090. The van der Waals surface area contributed by atoms with Gasteiger partial charge in [0.15, 0.2) is 5.13 Å². The molecule has 0 fully saturated rings. The highest BCUT2D eigenvalue weighted by molar-refractivity contribution is 7.14. The largest absolute Gasteiger partial charge is 0.456 e. The van der Waals surface area contributed by atoms with Crippen LogP contribution < -0.4 is 9.80 Å². The van der Waals surface area contributed by atoms with E-state index in [4.69, 9.17) is 4.74 Å². The number of carbonyl (C=O) groups excluding carboxylic acids is 2. The van der Waals surface area contributed by atoms with Crippen LogP contribution in [0.1, 0.15) is 48.0 Å². The second-order valence-corrected chi connectivity index (χ2v) is 8.40. The summed E-state index contributed by atoms with van der Waals surface area (Å²) in [6.45, 7) is 11.6. The van der Waals surface area contributed by atoms with Crippen molar-refractivity contribution < 1.29 is 14.3 Å². The van der Waals surface area contributed by atoms with Gasteiger partial charge in [-0.05, 0) is 63.6 Å². The zero-order chi connectivity index (χ0) is 23.3. The summed E-state index contributed by atoms with van der Waals surface area (Å²) in [5.41, 5.74) is 5.11. The minimum atomic E-state index is -0.400. The molecule has 0 atom stereocenters. The number of aryl methyl sites for hydroxylation is 2. The van der Waals surface area contributed by atoms with E-state index in [1.165, 1.54) is 18.3 Å². The minimum absolute atomic E-state index is 0.0474. The second kappa shape index (κ2) is 10.4. The van der Waals surface area contributed by atoms with Crippen LogP contribution in [0.15, 0.2) is 47.8 Å². The molecule has 1 heterocycles. The standard InChI is InChI=1S/C25H29N3O3S/c1-6-27(7-2)22-11-9-20(10-12-22)24(30)31-15-21-16-32-25(26-21)28(19(5)29)23-13-8-17(3)14-18(23)4/h8-14,16H,6-7,15H2,1-5H3. The highest BCUT2D eigenvalue weighted by atomic mass is 32.1. The van der Waals surface area contributed by atoms with Crippen LogP contribution in [0.2, 0.25) is 0 Å². The number of nitrogens with zero attached hydrogens (tertiary/aromatic N) is 3. The fourth-order valence-corrected chi connectivity index (χ4v) is 4.41. The molecular weight excluding hydrogens is 422 g/mol. The zero-order valence-corrected chi connectivity index (χ0v) is 20.0. The summed E-state index contributed by atoms with van der Waals surface area (Å²) in [6.07, 6.45) is 0. The number of aromatic nitrogens is 1. The van der Waals surface area contributed by atoms with E-state index in [1.807, 2.05) is 49.6 Å². The lowest BCUT2D eigenvalue weighted by atomic mass is 10.1. The predicted molar refractivity (Wildman–Crippen MR) is 130 cm³/mol. The molecule has 2 aromatic carbocycles. The summed E-state index contributed by atoms with van der Waals surface area (Å²) in [7, 11) is 0. The molecule has 3 aromatic rings. The maximum absolute atomic E-state index is 12.5. The van der Waals surface area contributed by atoms with Gasteiger partial charge in [0.25, 0.3) is 0 Å². The Kier molecular flexibility index (Phi) is 7.64. The molecule has 0 unspecified atom stereocenters. The average Bonchev–Trinajstić information content (AvgIpc) is 3.23. The van der Waals surface area contributed by atoms with Crippen LogP contribution in [0, 0.1) is 13.8 Å². The number of ether oxygens (including phenoxy) is 1. The van der Waals surface area contributed by atoms with Crippen molar-refractivity contribution in [2.45, 2.75) is 41.2 Å². The predicted octanol–water partition coefficient (Wildman–Crippen LogP) is 5.65. The Morgan fingerprint density at radius 3 is 2.31 bits per heavy atom. The van der Waals surface area contributed by atoms with Crippen molar-refractivity contribution in [3.63, 3.8) is 0 Å². The maximum atomic E-state index is 12.5. The Labute approximate surface area is 193 Å². The molecule has 0 saturated heterocycles. The molecule has 1 aromatic heterocycles. The van der Waals surface area contributed by atoms with Crippen LogP contribution in [-0.4, -0.2) is 29.9 Å². The molecule has 0 N–H and O–H groups in total. The Morgan fingerprint density at radius 1 is 1.03 bits per heavy atom. The lowest BCUT2D eigenvalue weighted by Gasteiger charge is -2.21. The number of amides is 1. The van der Waals surface area contributed by atoms with Crippen molar-refractivity contribution >= 4 is 39.7 Å². The van der Waals surface area contributed by atoms with E-state index in [-0.39, 0.29) is 12.5 Å². The molecular formula is C25H29N3O3S. The number of thiazole rings is 1. The molecule has 0 aliphatic carbocycles. The summed E-state index contributed by atoms with van der Waals surface area (Å²) in [5.74, 6) is -0.522. The van der Waals surface area contributed by atoms with E-state index in [2.05, 4.69) is 23.7 Å². The summed E-state index contributed by atoms with van der Waals surface area (Å²) in [5, 5.41) is 2.37. The van der Waals surface area contributed by atoms with Crippen LogP contribution in [0.25, 0.3) is 0 Å². The van der Waals surface area contributed by atoms with Gasteiger partial charge in [0.2, 0.25) is 5.91 Å². The van der Waals surface area contributed by atoms with Crippen LogP contribution in [0.3, 0.4) is 0 Å². The van der Waals surface area contributed by atoms with Crippen LogP contribution in [0.4, 0.5) is 16.5 Å². The number of carbonyl (C=O) groups is 2. The molecule has 0 radical (unpaired) electrons. The van der Waals surface area contributed by atoms with Crippen molar-refractivity contribution in [1.29, 1.82) is 0 Å². The lowest BCUT2D eigenvalue weighted by Crippen LogP contribution is -2.23. The highest BCUT2D eigenvalue weighted by Gasteiger charge is 2.20. The van der Waals surface area contributed by atoms with Gasteiger partial charge < -0.3 is 9.64 Å². The van der Waals surface area contributed by atoms with E-state index in [1.54, 1.807) is 17.0 Å². The van der Waals surface area contributed by atoms with E-state index >= 15 is 0 Å². The third-order valence-corrected chi connectivity index (χ3v) is 6.10. The third kappa shape index (κ3) is 5.34. The van der Waals surface area contributed by atoms with Gasteiger partial charge in [-0.1, -0.05) is 17.7 Å². The van der Waals surface area contributed by atoms with Crippen LogP contribution in [0.5, 0.6) is 0 Å². The van der Waals surface area contributed by atoms with Crippen molar-refractivity contribution in [2.75, 3.05) is 22.9 Å². The van der Waals surface area contributed by atoms with Gasteiger partial charge in [-0.3, -0.25) is 9.69 Å². The summed E-state index contributed by atoms with van der Waals surface area (Å²) in [6, 6.07) is 13.3. The number of hydrogen-bond donors (Lipinski definition) is 0. The molecule has 0 saturated carbocycles. The van der Waals surface area contributed by atoms with Gasteiger partial charge in [-0.25, -0.2) is 9.78 Å². The second-order valence-electron chi connectivity index (χ2n) is 7.56. The van der Waals surface area contributed by atoms with Crippen molar-refractivity contribution in [3.8, 4) is 0 Å². The Balaban J connectivity index is 1.69. The van der Waals surface area contributed by atoms with E-state index in [0.717, 1.165) is 35.6 Å². The maximum Gasteiger partial charge on any atom is 0.338 e. The number of esters is 1. The Morgan fingerprint density at radius 2 is 1.72 bits per heavy atom. The smallest absolute Gasteiger partial charge is 0.338 e. The summed E-state index contributed by atoms with van der Waals surface area (Å²) < 4.78 is 5.45. The molecule has 168 valence electrons. The number of anilines is 3. The molecule has 0 bridgehead atoms. The molecule has 0 aliphatic heterocycles. The van der Waals surface area contributed by atoms with Gasteiger partial charge in [0, 0.05) is 31.1 Å². The van der Waals surface area contributed by atoms with E-state index in [9.17, 15) is 9.59 Å². The van der Waals surface area contributed by atoms with Gasteiger partial charge >= 0.3 is 5.97 Å². The normalized spacial score (nSPS) is 10.7. The average molecular weight is 452 g/mol. The number of benzene rings is 2. The SMILES string of the molecule is CCN(CC)c1ccc(C(=O)OCc2csc(N(C(C)=O)c3ccc(C)cc3C)n2)cc1. The van der Waals surface area contributed by atoms with Crippen molar-refractivity contribution in [2.24, 2.45) is 0 Å². The molecule has 0 aliphatic rings. The highest BCUT2D eigenvalue weighted by Crippen LogP contribution is 2.32. The first kappa shape index (κ1) is 23.5. The first-order valence-corrected chi connectivity index (χ1v) is 11.6. The topological polar surface area (TPSA) is 62.7 Å². The number of rotatable bonds is 8. The van der Waals surface area contributed by atoms with Gasteiger partial charge in [-0.2, -0.15) is 0 Å². The quantitative estimate of drug-likeness (QED) is 0.414. The third-order valence-electron chi connectivity index (χ3n) is 5.22. The summed E-state index contributed by atoms with van der Waals surface area (Å²) in [4.78, 5) is 33.2. The number of hydrogen-bond acceptors (Lipinski definition) is 6. The fraction of sp³-hybridized carbons (Fsp3) is 0.320. The molecule has 6 nitrogen and oxygen atoms in total. The minimum Gasteiger partial charge on any atom is -0.456 e. The first-order valence-electron chi connectivity index (χ1n) is 10.7. The molecule has 0 spiro atoms. The monoisotopic (exact) mass is 451 g/mol. The zero-order valence-electron chi connectivity index (χ0n) is 19.2. The Hall–Kier alpha value is -3.19. The van der Waals surface area contributed by atoms with Gasteiger partial charge in [-0.15, -0.1) is 11.3 Å². The van der Waals surface area contributed by atoms with Gasteiger partial charge in [0.1, 0.15) is 6.61 Å². The molecule has 7 heteroatoms. The molecule has 1 amide bonds. The van der Waals surface area contributed by atoms with Crippen molar-refractivity contribution in [1.82, 2.24) is 4.98 Å². The fourth-order valence-electron chi connectivity index (χ4n) is 3.55. The lowest BCUT2D eigenvalue weighted by molar-refractivity contribution is -0.115. The van der Waals surface area contributed by atoms with Crippen LogP contribution >= 0.6 is 11.3 Å². The van der Waals surface area contributed by atoms with E-state index < -0.39 is 5.97 Å². The first-order chi connectivity index (χ1) is 15.3. The van der Waals surface area contributed by atoms with Crippen molar-refractivity contribution in [3.05, 3.63) is 70.2 Å². The van der Waals surface area contributed by atoms with E-state index in [0.29, 0.717) is 16.4 Å².